The van der Waals surface area contributed by atoms with Gasteiger partial charge in [0, 0.05) is 44.0 Å². The lowest BCUT2D eigenvalue weighted by Crippen LogP contribution is -2.44. The first-order chi connectivity index (χ1) is 11.9. The molecule has 2 heterocycles. The number of nitrogens with one attached hydrogen (secondary N) is 2. The summed E-state index contributed by atoms with van der Waals surface area (Å²) < 4.78 is 28.6. The molecule has 3 rings (SSSR count). The Balaban J connectivity index is 1.53. The first-order valence-electron chi connectivity index (χ1n) is 8.18. The highest BCUT2D eigenvalue weighted by molar-refractivity contribution is 5.75. The van der Waals surface area contributed by atoms with Crippen LogP contribution in [0.3, 0.4) is 0 Å². The number of amides is 2. The van der Waals surface area contributed by atoms with E-state index in [-0.39, 0.29) is 18.1 Å². The monoisotopic (exact) mass is 349 g/mol. The minimum absolute atomic E-state index is 0.0921. The second-order valence-corrected chi connectivity index (χ2v) is 6.31. The Bertz CT molecular complexity index is 763. The summed E-state index contributed by atoms with van der Waals surface area (Å²) in [6, 6.07) is 3.01. The van der Waals surface area contributed by atoms with Gasteiger partial charge in [-0.1, -0.05) is 0 Å². The number of hydrogen-bond donors (Lipinski definition) is 2. The van der Waals surface area contributed by atoms with Crippen LogP contribution in [-0.2, 0) is 7.05 Å². The molecule has 0 bridgehead atoms. The zero-order chi connectivity index (χ0) is 18.0. The molecule has 6 nitrogen and oxygen atoms in total. The van der Waals surface area contributed by atoms with Crippen molar-refractivity contribution in [3.8, 4) is 0 Å². The maximum absolute atomic E-state index is 13.9. The van der Waals surface area contributed by atoms with Crippen LogP contribution >= 0.6 is 0 Å². The average molecular weight is 349 g/mol. The molecule has 0 saturated carbocycles. The Morgan fingerprint density at radius 2 is 2.20 bits per heavy atom. The first kappa shape index (κ1) is 17.2. The van der Waals surface area contributed by atoms with E-state index in [4.69, 9.17) is 0 Å². The first-order valence-corrected chi connectivity index (χ1v) is 8.18. The van der Waals surface area contributed by atoms with Gasteiger partial charge in [-0.05, 0) is 25.5 Å². The van der Waals surface area contributed by atoms with Gasteiger partial charge in [0.15, 0.2) is 0 Å². The van der Waals surface area contributed by atoms with Crippen molar-refractivity contribution in [1.82, 2.24) is 20.4 Å². The molecule has 2 aromatic rings. The highest BCUT2D eigenvalue weighted by atomic mass is 19.1. The fourth-order valence-electron chi connectivity index (χ4n) is 3.01. The molecule has 0 radical (unpaired) electrons. The summed E-state index contributed by atoms with van der Waals surface area (Å²) in [7, 11) is 1.82. The Kier molecular flexibility index (Phi) is 4.87. The van der Waals surface area contributed by atoms with Crippen molar-refractivity contribution in [3.63, 3.8) is 0 Å². The minimum atomic E-state index is -0.598. The van der Waals surface area contributed by atoms with Crippen LogP contribution in [0.2, 0.25) is 0 Å². The molecule has 25 heavy (non-hydrogen) atoms. The number of carbonyl (C=O) groups excluding carboxylic acids is 1. The summed E-state index contributed by atoms with van der Waals surface area (Å²) in [6.45, 7) is 2.97. The molecule has 2 amide bonds. The summed E-state index contributed by atoms with van der Waals surface area (Å²) in [5.74, 6) is -1.19. The van der Waals surface area contributed by atoms with Crippen molar-refractivity contribution >= 4 is 11.7 Å². The summed E-state index contributed by atoms with van der Waals surface area (Å²) in [5.41, 5.74) is 1.27. The lowest BCUT2D eigenvalue weighted by atomic mass is 10.2. The molecule has 0 spiro atoms. The Labute approximate surface area is 144 Å². The van der Waals surface area contributed by atoms with Crippen LogP contribution in [0.5, 0.6) is 0 Å². The molecule has 1 saturated heterocycles. The van der Waals surface area contributed by atoms with Crippen LogP contribution in [0.25, 0.3) is 0 Å². The quantitative estimate of drug-likeness (QED) is 0.891. The van der Waals surface area contributed by atoms with E-state index in [0.717, 1.165) is 11.6 Å². The average Bonchev–Trinajstić information content (AvgIpc) is 3.16. The molecular formula is C17H21F2N5O. The van der Waals surface area contributed by atoms with Gasteiger partial charge in [0.2, 0.25) is 0 Å². The number of hydrogen-bond acceptors (Lipinski definition) is 3. The second kappa shape index (κ2) is 7.08. The minimum Gasteiger partial charge on any atom is -0.367 e. The predicted molar refractivity (Wildman–Crippen MR) is 90.3 cm³/mol. The second-order valence-electron chi connectivity index (χ2n) is 6.31. The van der Waals surface area contributed by atoms with Crippen molar-refractivity contribution in [2.75, 3.05) is 18.0 Å². The Morgan fingerprint density at radius 1 is 1.40 bits per heavy atom. The van der Waals surface area contributed by atoms with E-state index in [9.17, 15) is 13.6 Å². The molecule has 134 valence electrons. The number of aromatic nitrogens is 2. The predicted octanol–water partition coefficient (Wildman–Crippen LogP) is 2.34. The van der Waals surface area contributed by atoms with Gasteiger partial charge in [0.05, 0.1) is 17.9 Å². The normalized spacial score (nSPS) is 18.2. The lowest BCUT2D eigenvalue weighted by Gasteiger charge is -2.20. The number of benzene rings is 1. The van der Waals surface area contributed by atoms with Gasteiger partial charge in [-0.15, -0.1) is 0 Å². The number of urea groups is 1. The fraction of sp³-hybridized carbons (Fsp3) is 0.412. The van der Waals surface area contributed by atoms with Gasteiger partial charge in [0.1, 0.15) is 11.6 Å². The third-order valence-electron chi connectivity index (χ3n) is 4.35. The van der Waals surface area contributed by atoms with E-state index in [1.165, 1.54) is 12.1 Å². The summed E-state index contributed by atoms with van der Waals surface area (Å²) in [4.78, 5) is 14.0. The summed E-state index contributed by atoms with van der Waals surface area (Å²) in [5, 5.41) is 9.85. The summed E-state index contributed by atoms with van der Waals surface area (Å²) in [6.07, 6.45) is 4.25. The number of anilines is 1. The third kappa shape index (κ3) is 4.07. The molecule has 2 atom stereocenters. The molecular weight excluding hydrogens is 328 g/mol. The topological polar surface area (TPSA) is 62.2 Å². The highest BCUT2D eigenvalue weighted by Crippen LogP contribution is 2.24. The molecule has 2 N–H and O–H groups in total. The van der Waals surface area contributed by atoms with Gasteiger partial charge < -0.3 is 15.5 Å². The van der Waals surface area contributed by atoms with E-state index in [1.54, 1.807) is 10.9 Å². The number of rotatable bonds is 4. The van der Waals surface area contributed by atoms with Gasteiger partial charge in [-0.3, -0.25) is 4.68 Å². The van der Waals surface area contributed by atoms with Crippen molar-refractivity contribution in [2.24, 2.45) is 7.05 Å². The smallest absolute Gasteiger partial charge is 0.315 e. The number of carbonyl (C=O) groups is 1. The number of aryl methyl sites for hydroxylation is 1. The van der Waals surface area contributed by atoms with E-state index in [2.05, 4.69) is 15.7 Å². The van der Waals surface area contributed by atoms with E-state index < -0.39 is 11.6 Å². The molecule has 8 heteroatoms. The van der Waals surface area contributed by atoms with Crippen LogP contribution in [0, 0.1) is 11.6 Å². The van der Waals surface area contributed by atoms with Gasteiger partial charge >= 0.3 is 6.03 Å². The maximum atomic E-state index is 13.9. The maximum Gasteiger partial charge on any atom is 0.315 e. The van der Waals surface area contributed by atoms with Crippen LogP contribution in [0.15, 0.2) is 30.6 Å². The van der Waals surface area contributed by atoms with Gasteiger partial charge in [-0.2, -0.15) is 5.10 Å². The highest BCUT2D eigenvalue weighted by Gasteiger charge is 2.26. The van der Waals surface area contributed by atoms with E-state index >= 15 is 0 Å². The molecule has 0 unspecified atom stereocenters. The molecule has 1 fully saturated rings. The zero-order valence-electron chi connectivity index (χ0n) is 14.2. The molecule has 1 aliphatic heterocycles. The Morgan fingerprint density at radius 3 is 2.88 bits per heavy atom. The van der Waals surface area contributed by atoms with Crippen LogP contribution in [-0.4, -0.2) is 34.9 Å². The SMILES string of the molecule is C[C@H](NC(=O)N[C@@H]1CCN(c2ccc(F)cc2F)C1)c1cnn(C)c1. The molecule has 1 aromatic carbocycles. The number of nitrogens with zero attached hydrogens (tertiary/aromatic N) is 3. The van der Waals surface area contributed by atoms with Crippen molar-refractivity contribution in [1.29, 1.82) is 0 Å². The van der Waals surface area contributed by atoms with Crippen LogP contribution in [0.1, 0.15) is 24.9 Å². The van der Waals surface area contributed by atoms with E-state index in [0.29, 0.717) is 25.2 Å². The van der Waals surface area contributed by atoms with Crippen LogP contribution in [0.4, 0.5) is 19.3 Å². The van der Waals surface area contributed by atoms with Gasteiger partial charge in [0.25, 0.3) is 0 Å². The largest absolute Gasteiger partial charge is 0.367 e. The van der Waals surface area contributed by atoms with Gasteiger partial charge in [-0.25, -0.2) is 13.6 Å². The molecule has 0 aliphatic carbocycles. The lowest BCUT2D eigenvalue weighted by molar-refractivity contribution is 0.235. The Hall–Kier alpha value is -2.64. The molecule has 1 aromatic heterocycles. The van der Waals surface area contributed by atoms with Crippen molar-refractivity contribution in [2.45, 2.75) is 25.4 Å². The standard InChI is InChI=1S/C17H21F2N5O/c1-11(12-8-20-23(2)9-12)21-17(25)22-14-5-6-24(10-14)16-4-3-13(18)7-15(16)19/h3-4,7-9,11,14H,5-6,10H2,1-2H3,(H2,21,22,25)/t11-,14+/m0/s1. The molecule has 1 aliphatic rings. The van der Waals surface area contributed by atoms with Crippen LogP contribution < -0.4 is 15.5 Å². The summed E-state index contributed by atoms with van der Waals surface area (Å²) >= 11 is 0. The number of halogens is 2. The van der Waals surface area contributed by atoms with Crippen molar-refractivity contribution in [3.05, 3.63) is 47.8 Å². The van der Waals surface area contributed by atoms with Crippen molar-refractivity contribution < 1.29 is 13.6 Å². The fourth-order valence-corrected chi connectivity index (χ4v) is 3.01. The zero-order valence-corrected chi connectivity index (χ0v) is 14.2. The third-order valence-corrected chi connectivity index (χ3v) is 4.35. The van der Waals surface area contributed by atoms with E-state index in [1.807, 2.05) is 25.1 Å².